The van der Waals surface area contributed by atoms with Gasteiger partial charge in [-0.3, -0.25) is 4.79 Å². The lowest BCUT2D eigenvalue weighted by Gasteiger charge is -2.05. The molecule has 0 spiro atoms. The second-order valence-electron chi connectivity index (χ2n) is 6.41. The molecule has 0 aliphatic rings. The number of sulfone groups is 1. The zero-order chi connectivity index (χ0) is 20.3. The van der Waals surface area contributed by atoms with Crippen LogP contribution in [0.5, 0.6) is 0 Å². The molecule has 2 aromatic carbocycles. The van der Waals surface area contributed by atoms with Crippen LogP contribution in [0.25, 0.3) is 11.3 Å². The molecule has 0 aliphatic carbocycles. The Kier molecular flexibility index (Phi) is 6.17. The first-order valence-electron chi connectivity index (χ1n) is 8.56. The van der Waals surface area contributed by atoms with Crippen molar-refractivity contribution in [3.8, 4) is 11.3 Å². The van der Waals surface area contributed by atoms with E-state index in [4.69, 9.17) is 11.6 Å². The molecule has 1 aromatic heterocycles. The molecular formula is C20H19ClN2O3S2. The molecular weight excluding hydrogens is 416 g/mol. The van der Waals surface area contributed by atoms with Gasteiger partial charge in [-0.05, 0) is 55.3 Å². The topological polar surface area (TPSA) is 76.1 Å². The molecule has 1 amide bonds. The number of hydrogen-bond acceptors (Lipinski definition) is 5. The maximum atomic E-state index is 12.3. The van der Waals surface area contributed by atoms with Crippen LogP contribution in [0.1, 0.15) is 17.5 Å². The Morgan fingerprint density at radius 2 is 1.82 bits per heavy atom. The second-order valence-corrected chi connectivity index (χ2v) is 9.81. The number of amides is 1. The second kappa shape index (κ2) is 8.43. The molecule has 0 saturated heterocycles. The summed E-state index contributed by atoms with van der Waals surface area (Å²) < 4.78 is 24.6. The summed E-state index contributed by atoms with van der Waals surface area (Å²) in [6.07, 6.45) is -0.149. The van der Waals surface area contributed by atoms with Crippen molar-refractivity contribution < 1.29 is 13.2 Å². The molecule has 3 aromatic rings. The fourth-order valence-corrected chi connectivity index (χ4v) is 4.64. The van der Waals surface area contributed by atoms with E-state index in [1.165, 1.54) is 46.7 Å². The molecule has 28 heavy (non-hydrogen) atoms. The van der Waals surface area contributed by atoms with E-state index in [9.17, 15) is 13.2 Å². The number of aryl methyl sites for hydroxylation is 2. The van der Waals surface area contributed by atoms with Crippen LogP contribution in [0, 0.1) is 13.8 Å². The summed E-state index contributed by atoms with van der Waals surface area (Å²) in [4.78, 5) is 16.7. The SMILES string of the molecule is Cc1ccc(-c2csc(NC(=O)CCS(=O)(=O)c3ccc(Cl)cc3)n2)cc1C. The molecule has 0 fully saturated rings. The van der Waals surface area contributed by atoms with Gasteiger partial charge in [0.2, 0.25) is 5.91 Å². The van der Waals surface area contributed by atoms with Crippen LogP contribution in [-0.2, 0) is 14.6 Å². The van der Waals surface area contributed by atoms with Crippen LogP contribution in [-0.4, -0.2) is 25.1 Å². The number of nitrogens with one attached hydrogen (secondary N) is 1. The summed E-state index contributed by atoms with van der Waals surface area (Å²) in [5.41, 5.74) is 4.13. The maximum Gasteiger partial charge on any atom is 0.227 e. The molecule has 146 valence electrons. The summed E-state index contributed by atoms with van der Waals surface area (Å²) in [5.74, 6) is -0.672. The number of nitrogens with zero attached hydrogens (tertiary/aromatic N) is 1. The predicted octanol–water partition coefficient (Wildman–Crippen LogP) is 4.88. The largest absolute Gasteiger partial charge is 0.302 e. The molecule has 0 unspecified atom stereocenters. The van der Waals surface area contributed by atoms with E-state index in [1.54, 1.807) is 0 Å². The Hall–Kier alpha value is -2.22. The predicted molar refractivity (Wildman–Crippen MR) is 114 cm³/mol. The van der Waals surface area contributed by atoms with Gasteiger partial charge < -0.3 is 5.32 Å². The van der Waals surface area contributed by atoms with Crippen molar-refractivity contribution >= 4 is 43.8 Å². The molecule has 0 saturated carbocycles. The number of benzene rings is 2. The third-order valence-corrected chi connectivity index (χ3v) is 7.07. The quantitative estimate of drug-likeness (QED) is 0.599. The molecule has 8 heteroatoms. The monoisotopic (exact) mass is 434 g/mol. The van der Waals surface area contributed by atoms with Crippen molar-refractivity contribution in [1.82, 2.24) is 4.98 Å². The van der Waals surface area contributed by atoms with Crippen molar-refractivity contribution in [1.29, 1.82) is 0 Å². The molecule has 0 atom stereocenters. The van der Waals surface area contributed by atoms with E-state index in [-0.39, 0.29) is 17.1 Å². The van der Waals surface area contributed by atoms with E-state index in [0.29, 0.717) is 10.2 Å². The molecule has 0 aliphatic heterocycles. The van der Waals surface area contributed by atoms with Crippen LogP contribution in [0.2, 0.25) is 5.02 Å². The van der Waals surface area contributed by atoms with Crippen molar-refractivity contribution in [3.05, 3.63) is 64.0 Å². The summed E-state index contributed by atoms with van der Waals surface area (Å²) >= 11 is 7.08. The van der Waals surface area contributed by atoms with Crippen molar-refractivity contribution in [2.24, 2.45) is 0 Å². The Morgan fingerprint density at radius 1 is 1.11 bits per heavy atom. The van der Waals surface area contributed by atoms with Gasteiger partial charge in [-0.1, -0.05) is 23.7 Å². The summed E-state index contributed by atoms with van der Waals surface area (Å²) in [6, 6.07) is 12.0. The number of halogens is 1. The first kappa shape index (κ1) is 20.5. The first-order chi connectivity index (χ1) is 13.2. The molecule has 0 radical (unpaired) electrons. The van der Waals surface area contributed by atoms with E-state index in [0.717, 1.165) is 11.3 Å². The fourth-order valence-electron chi connectivity index (χ4n) is 2.53. The number of carbonyl (C=O) groups excluding carboxylic acids is 1. The molecule has 0 bridgehead atoms. The Bertz CT molecular complexity index is 1110. The highest BCUT2D eigenvalue weighted by atomic mass is 35.5. The Balaban J connectivity index is 1.61. The molecule has 1 N–H and O–H groups in total. The Morgan fingerprint density at radius 3 is 2.50 bits per heavy atom. The van der Waals surface area contributed by atoms with Gasteiger partial charge in [0.25, 0.3) is 0 Å². The van der Waals surface area contributed by atoms with Gasteiger partial charge in [0, 0.05) is 22.4 Å². The number of aromatic nitrogens is 1. The highest BCUT2D eigenvalue weighted by molar-refractivity contribution is 7.91. The maximum absolute atomic E-state index is 12.3. The summed E-state index contributed by atoms with van der Waals surface area (Å²) in [7, 11) is -3.55. The molecule has 3 rings (SSSR count). The standard InChI is InChI=1S/C20H19ClN2O3S2/c1-13-3-4-15(11-14(13)2)18-12-27-20(22-18)23-19(24)9-10-28(25,26)17-7-5-16(21)6-8-17/h3-8,11-12H,9-10H2,1-2H3,(H,22,23,24). The van der Waals surface area contributed by atoms with Gasteiger partial charge in [-0.25, -0.2) is 13.4 Å². The average molecular weight is 435 g/mol. The van der Waals surface area contributed by atoms with E-state index < -0.39 is 15.7 Å². The van der Waals surface area contributed by atoms with E-state index in [1.807, 2.05) is 31.4 Å². The molecule has 5 nitrogen and oxygen atoms in total. The number of carbonyl (C=O) groups is 1. The van der Waals surface area contributed by atoms with Gasteiger partial charge in [-0.2, -0.15) is 0 Å². The van der Waals surface area contributed by atoms with Crippen LogP contribution < -0.4 is 5.32 Å². The van der Waals surface area contributed by atoms with Crippen LogP contribution in [0.4, 0.5) is 5.13 Å². The van der Waals surface area contributed by atoms with Gasteiger partial charge in [0.1, 0.15) is 0 Å². The lowest BCUT2D eigenvalue weighted by Crippen LogP contribution is -2.17. The minimum absolute atomic E-state index is 0.149. The minimum Gasteiger partial charge on any atom is -0.302 e. The van der Waals surface area contributed by atoms with Crippen molar-refractivity contribution in [2.75, 3.05) is 11.1 Å². The lowest BCUT2D eigenvalue weighted by molar-refractivity contribution is -0.115. The van der Waals surface area contributed by atoms with Gasteiger partial charge >= 0.3 is 0 Å². The lowest BCUT2D eigenvalue weighted by atomic mass is 10.1. The first-order valence-corrected chi connectivity index (χ1v) is 11.5. The average Bonchev–Trinajstić information content (AvgIpc) is 3.11. The minimum atomic E-state index is -3.55. The highest BCUT2D eigenvalue weighted by Crippen LogP contribution is 2.26. The van der Waals surface area contributed by atoms with Gasteiger partial charge in [0.15, 0.2) is 15.0 Å². The van der Waals surface area contributed by atoms with Gasteiger partial charge in [0.05, 0.1) is 16.3 Å². The fraction of sp³-hybridized carbons (Fsp3) is 0.200. The zero-order valence-electron chi connectivity index (χ0n) is 15.4. The number of rotatable bonds is 6. The number of thiazole rings is 1. The number of hydrogen-bond donors (Lipinski definition) is 1. The smallest absolute Gasteiger partial charge is 0.227 e. The van der Waals surface area contributed by atoms with Crippen LogP contribution >= 0.6 is 22.9 Å². The third kappa shape index (κ3) is 4.98. The normalized spacial score (nSPS) is 11.4. The van der Waals surface area contributed by atoms with Crippen molar-refractivity contribution in [3.63, 3.8) is 0 Å². The van der Waals surface area contributed by atoms with Crippen molar-refractivity contribution in [2.45, 2.75) is 25.2 Å². The van der Waals surface area contributed by atoms with Gasteiger partial charge in [-0.15, -0.1) is 11.3 Å². The van der Waals surface area contributed by atoms with Crippen LogP contribution in [0.15, 0.2) is 52.7 Å². The molecule has 1 heterocycles. The highest BCUT2D eigenvalue weighted by Gasteiger charge is 2.17. The Labute approximate surface area is 173 Å². The van der Waals surface area contributed by atoms with E-state index >= 15 is 0 Å². The summed E-state index contributed by atoms with van der Waals surface area (Å²) in [6.45, 7) is 4.08. The third-order valence-electron chi connectivity index (χ3n) is 4.32. The summed E-state index contributed by atoms with van der Waals surface area (Å²) in [5, 5.41) is 5.44. The zero-order valence-corrected chi connectivity index (χ0v) is 17.8. The van der Waals surface area contributed by atoms with E-state index in [2.05, 4.69) is 16.4 Å². The van der Waals surface area contributed by atoms with Crippen LogP contribution in [0.3, 0.4) is 0 Å². The number of anilines is 1.